The van der Waals surface area contributed by atoms with Crippen LogP contribution in [0.2, 0.25) is 5.02 Å². The van der Waals surface area contributed by atoms with Crippen molar-refractivity contribution in [3.05, 3.63) is 87.7 Å². The van der Waals surface area contributed by atoms with Crippen LogP contribution in [0.25, 0.3) is 0 Å². The Balaban J connectivity index is 1.63. The maximum absolute atomic E-state index is 15.9. The van der Waals surface area contributed by atoms with E-state index in [-0.39, 0.29) is 9.92 Å². The molecule has 2 unspecified atom stereocenters. The first-order valence-electron chi connectivity index (χ1n) is 14.6. The number of alkyl halides is 2. The Morgan fingerprint density at radius 1 is 0.760 bits per heavy atom. The fourth-order valence-electron chi connectivity index (χ4n) is 4.72. The largest absolute Gasteiger partial charge is 0.443 e. The number of amides is 4. The van der Waals surface area contributed by atoms with Gasteiger partial charge in [0.25, 0.3) is 5.91 Å². The lowest BCUT2D eigenvalue weighted by Crippen LogP contribution is -2.44. The van der Waals surface area contributed by atoms with Gasteiger partial charge in [0.05, 0.1) is 22.2 Å². The van der Waals surface area contributed by atoms with Crippen molar-refractivity contribution in [3.8, 4) is 0 Å². The van der Waals surface area contributed by atoms with Crippen LogP contribution in [-0.4, -0.2) is 39.5 Å². The van der Waals surface area contributed by atoms with Crippen LogP contribution in [0.3, 0.4) is 0 Å². The van der Waals surface area contributed by atoms with Crippen molar-refractivity contribution in [2.75, 3.05) is 15.5 Å². The SMILES string of the molecule is CC(C)(C)OC(=O)N(C(=O)OC(C)(C)C)c1c(F)ccc(NC(=O)c2cc(NC(=O)C3C(c4ccc(F)c(Cl)c4)C3(Cl)Cl)cc(F)c2F)c1F. The molecule has 0 aromatic heterocycles. The summed E-state index contributed by atoms with van der Waals surface area (Å²) in [5.41, 5.74) is -5.79. The summed E-state index contributed by atoms with van der Waals surface area (Å²) >= 11 is 18.4. The molecular formula is C33H29Cl3F5N3O6. The van der Waals surface area contributed by atoms with Crippen molar-refractivity contribution < 1.29 is 50.6 Å². The molecule has 0 radical (unpaired) electrons. The zero-order chi connectivity index (χ0) is 37.7. The van der Waals surface area contributed by atoms with Crippen LogP contribution in [0.5, 0.6) is 0 Å². The van der Waals surface area contributed by atoms with Gasteiger partial charge in [-0.15, -0.1) is 23.2 Å². The Morgan fingerprint density at radius 2 is 1.32 bits per heavy atom. The van der Waals surface area contributed by atoms with Crippen LogP contribution in [-0.2, 0) is 14.3 Å². The first-order chi connectivity index (χ1) is 22.9. The van der Waals surface area contributed by atoms with Gasteiger partial charge in [-0.3, -0.25) is 9.59 Å². The molecule has 2 atom stereocenters. The summed E-state index contributed by atoms with van der Waals surface area (Å²) in [7, 11) is 0. The number of anilines is 3. The smallest absolute Gasteiger partial charge is 0.424 e. The number of hydrogen-bond acceptors (Lipinski definition) is 6. The molecule has 0 spiro atoms. The van der Waals surface area contributed by atoms with Gasteiger partial charge in [-0.25, -0.2) is 31.5 Å². The van der Waals surface area contributed by atoms with E-state index in [2.05, 4.69) is 5.32 Å². The van der Waals surface area contributed by atoms with Gasteiger partial charge in [0.15, 0.2) is 23.3 Å². The fraction of sp³-hybridized carbons (Fsp3) is 0.333. The predicted octanol–water partition coefficient (Wildman–Crippen LogP) is 9.49. The highest BCUT2D eigenvalue weighted by molar-refractivity contribution is 6.53. The second-order valence-corrected chi connectivity index (χ2v) is 15.0. The number of halogens is 8. The average molecular weight is 765 g/mol. The van der Waals surface area contributed by atoms with E-state index in [1.807, 2.05) is 5.32 Å². The number of nitrogens with zero attached hydrogens (tertiary/aromatic N) is 1. The van der Waals surface area contributed by atoms with Gasteiger partial charge < -0.3 is 20.1 Å². The van der Waals surface area contributed by atoms with Crippen molar-refractivity contribution in [1.29, 1.82) is 0 Å². The van der Waals surface area contributed by atoms with Gasteiger partial charge in [-0.05, 0) is 77.4 Å². The van der Waals surface area contributed by atoms with Gasteiger partial charge >= 0.3 is 12.2 Å². The van der Waals surface area contributed by atoms with E-state index in [0.717, 1.165) is 12.1 Å². The number of nitrogens with one attached hydrogen (secondary N) is 2. The minimum absolute atomic E-state index is 0.0496. The van der Waals surface area contributed by atoms with Crippen molar-refractivity contribution in [1.82, 2.24) is 0 Å². The molecule has 4 rings (SSSR count). The lowest BCUT2D eigenvalue weighted by atomic mass is 10.1. The molecule has 3 aromatic carbocycles. The molecule has 0 bridgehead atoms. The van der Waals surface area contributed by atoms with Gasteiger partial charge in [0.1, 0.15) is 27.0 Å². The summed E-state index contributed by atoms with van der Waals surface area (Å²) in [5.74, 6) is -11.6. The number of hydrogen-bond donors (Lipinski definition) is 2. The minimum atomic E-state index is -1.71. The van der Waals surface area contributed by atoms with Crippen molar-refractivity contribution in [3.63, 3.8) is 0 Å². The predicted molar refractivity (Wildman–Crippen MR) is 176 cm³/mol. The number of ether oxygens (including phenoxy) is 2. The minimum Gasteiger partial charge on any atom is -0.443 e. The molecule has 1 saturated carbocycles. The van der Waals surface area contributed by atoms with Gasteiger partial charge in [0, 0.05) is 17.7 Å². The first-order valence-corrected chi connectivity index (χ1v) is 15.7. The standard InChI is InChI=1S/C33H29Cl3F5N3O6/c1-31(2,3)49-29(47)44(30(48)50-32(4,5)6)26-19(38)9-10-21(25(26)41)43-27(45)16-12-15(13-20(39)24(16)40)42-28(46)23-22(33(23,35)36)14-7-8-18(37)17(34)11-14/h7-13,22-23H,1-6H3,(H,42,46)(H,43,45). The average Bonchev–Trinajstić information content (AvgIpc) is 3.55. The molecular weight excluding hydrogens is 736 g/mol. The molecule has 3 aromatic rings. The third-order valence-corrected chi connectivity index (χ3v) is 8.10. The maximum atomic E-state index is 15.9. The van der Waals surface area contributed by atoms with E-state index in [0.29, 0.717) is 23.8 Å². The second-order valence-electron chi connectivity index (χ2n) is 13.1. The quantitative estimate of drug-likeness (QED) is 0.191. The highest BCUT2D eigenvalue weighted by atomic mass is 35.5. The van der Waals surface area contributed by atoms with Crippen LogP contribution in [0.1, 0.15) is 63.4 Å². The van der Waals surface area contributed by atoms with Gasteiger partial charge in [-0.2, -0.15) is 4.90 Å². The zero-order valence-electron chi connectivity index (χ0n) is 27.1. The molecule has 50 heavy (non-hydrogen) atoms. The summed E-state index contributed by atoms with van der Waals surface area (Å²) in [6.45, 7) is 8.57. The van der Waals surface area contributed by atoms with Crippen LogP contribution in [0, 0.1) is 35.0 Å². The number of carbonyl (C=O) groups is 4. The normalized spacial score (nSPS) is 16.7. The van der Waals surface area contributed by atoms with Crippen LogP contribution in [0.15, 0.2) is 42.5 Å². The Kier molecular flexibility index (Phi) is 10.7. The molecule has 0 saturated heterocycles. The van der Waals surface area contributed by atoms with E-state index in [1.165, 1.54) is 53.7 Å². The molecule has 1 aliphatic carbocycles. The van der Waals surface area contributed by atoms with E-state index < -0.39 is 103 Å². The molecule has 268 valence electrons. The third-order valence-electron chi connectivity index (χ3n) is 6.87. The monoisotopic (exact) mass is 763 g/mol. The fourth-order valence-corrected chi connectivity index (χ4v) is 5.74. The number of rotatable bonds is 6. The Labute approximate surface area is 297 Å². The van der Waals surface area contributed by atoms with Crippen LogP contribution in [0.4, 0.5) is 48.6 Å². The van der Waals surface area contributed by atoms with E-state index in [9.17, 15) is 32.3 Å². The van der Waals surface area contributed by atoms with Crippen molar-refractivity contribution in [2.24, 2.45) is 5.92 Å². The molecule has 2 N–H and O–H groups in total. The molecule has 0 heterocycles. The topological polar surface area (TPSA) is 114 Å². The summed E-state index contributed by atoms with van der Waals surface area (Å²) < 4.78 is 82.8. The summed E-state index contributed by atoms with van der Waals surface area (Å²) in [5, 5.41) is 3.98. The molecule has 17 heteroatoms. The summed E-state index contributed by atoms with van der Waals surface area (Å²) in [4.78, 5) is 52.2. The second kappa shape index (κ2) is 13.9. The Morgan fingerprint density at radius 3 is 1.86 bits per heavy atom. The summed E-state index contributed by atoms with van der Waals surface area (Å²) in [6, 6.07) is 6.16. The van der Waals surface area contributed by atoms with Gasteiger partial charge in [-0.1, -0.05) is 17.7 Å². The number of carbonyl (C=O) groups excluding carboxylic acids is 4. The third kappa shape index (κ3) is 8.41. The molecule has 9 nitrogen and oxygen atoms in total. The highest BCUT2D eigenvalue weighted by Gasteiger charge is 2.67. The van der Waals surface area contributed by atoms with Crippen molar-refractivity contribution in [2.45, 2.75) is 63.0 Å². The van der Waals surface area contributed by atoms with E-state index >= 15 is 8.78 Å². The van der Waals surface area contributed by atoms with Crippen LogP contribution >= 0.6 is 34.8 Å². The van der Waals surface area contributed by atoms with Crippen LogP contribution < -0.4 is 15.5 Å². The zero-order valence-corrected chi connectivity index (χ0v) is 29.4. The van der Waals surface area contributed by atoms with Gasteiger partial charge in [0.2, 0.25) is 5.91 Å². The lowest BCUT2D eigenvalue weighted by Gasteiger charge is -2.29. The first kappa shape index (κ1) is 38.7. The maximum Gasteiger partial charge on any atom is 0.424 e. The molecule has 1 aliphatic rings. The Bertz CT molecular complexity index is 1870. The Hall–Kier alpha value is -4.14. The molecule has 4 amide bonds. The van der Waals surface area contributed by atoms with E-state index in [1.54, 1.807) is 0 Å². The number of imide groups is 1. The lowest BCUT2D eigenvalue weighted by molar-refractivity contribution is -0.117. The highest BCUT2D eigenvalue weighted by Crippen LogP contribution is 2.65. The molecule has 0 aliphatic heterocycles. The van der Waals surface area contributed by atoms with Crippen molar-refractivity contribution >= 4 is 75.9 Å². The van der Waals surface area contributed by atoms with E-state index in [4.69, 9.17) is 44.3 Å². The molecule has 1 fully saturated rings. The summed E-state index contributed by atoms with van der Waals surface area (Å²) in [6.07, 6.45) is -3.05. The number of benzene rings is 3.